The van der Waals surface area contributed by atoms with Gasteiger partial charge in [-0.25, -0.2) is 13.1 Å². The van der Waals surface area contributed by atoms with Crippen LogP contribution in [0, 0.1) is 0 Å². The Morgan fingerprint density at radius 2 is 1.67 bits per heavy atom. The van der Waals surface area contributed by atoms with Gasteiger partial charge in [-0.2, -0.15) is 13.2 Å². The van der Waals surface area contributed by atoms with E-state index in [-0.39, 0.29) is 15.5 Å². The standard InChI is InChI=1S/C15H13ClF3NO3S/c16-12-3-1-2-4-14(12)24(22,23)20-9-13(21)10-5-7-11(8-6-10)15(17,18)19/h1-8,13,20-21H,9H2. The van der Waals surface area contributed by atoms with Crippen molar-refractivity contribution in [2.24, 2.45) is 0 Å². The molecule has 0 saturated carbocycles. The molecule has 24 heavy (non-hydrogen) atoms. The average Bonchev–Trinajstić information content (AvgIpc) is 2.52. The summed E-state index contributed by atoms with van der Waals surface area (Å²) in [5, 5.41) is 9.97. The second kappa shape index (κ2) is 7.10. The number of aliphatic hydroxyl groups is 1. The van der Waals surface area contributed by atoms with E-state index < -0.39 is 34.4 Å². The van der Waals surface area contributed by atoms with Gasteiger partial charge >= 0.3 is 6.18 Å². The summed E-state index contributed by atoms with van der Waals surface area (Å²) in [4.78, 5) is -0.147. The quantitative estimate of drug-likeness (QED) is 0.837. The number of rotatable bonds is 5. The lowest BCUT2D eigenvalue weighted by molar-refractivity contribution is -0.137. The molecule has 0 fully saturated rings. The highest BCUT2D eigenvalue weighted by molar-refractivity contribution is 7.89. The van der Waals surface area contributed by atoms with Crippen LogP contribution in [0.4, 0.5) is 13.2 Å². The SMILES string of the molecule is O=S(=O)(NCC(O)c1ccc(C(F)(F)F)cc1)c1ccccc1Cl. The second-order valence-corrected chi connectivity index (χ2v) is 7.06. The predicted molar refractivity (Wildman–Crippen MR) is 83.0 cm³/mol. The van der Waals surface area contributed by atoms with Gasteiger partial charge < -0.3 is 5.11 Å². The van der Waals surface area contributed by atoms with Crippen molar-refractivity contribution in [2.75, 3.05) is 6.54 Å². The molecule has 0 aliphatic rings. The topological polar surface area (TPSA) is 66.4 Å². The van der Waals surface area contributed by atoms with Crippen LogP contribution in [0.15, 0.2) is 53.4 Å². The molecule has 9 heteroatoms. The summed E-state index contributed by atoms with van der Waals surface area (Å²) >= 11 is 5.81. The first-order valence-electron chi connectivity index (χ1n) is 6.70. The molecule has 0 spiro atoms. The van der Waals surface area contributed by atoms with E-state index in [1.54, 1.807) is 6.07 Å². The second-order valence-electron chi connectivity index (χ2n) is 4.92. The Labute approximate surface area is 141 Å². The van der Waals surface area contributed by atoms with Crippen LogP contribution in [-0.4, -0.2) is 20.1 Å². The number of alkyl halides is 3. The van der Waals surface area contributed by atoms with Crippen LogP contribution < -0.4 is 4.72 Å². The Kier molecular flexibility index (Phi) is 5.54. The van der Waals surface area contributed by atoms with Crippen molar-refractivity contribution in [1.82, 2.24) is 4.72 Å². The molecule has 0 bridgehead atoms. The number of halogens is 4. The maximum atomic E-state index is 12.5. The highest BCUT2D eigenvalue weighted by Gasteiger charge is 2.30. The lowest BCUT2D eigenvalue weighted by Crippen LogP contribution is -2.28. The molecule has 1 atom stereocenters. The van der Waals surface area contributed by atoms with Gasteiger partial charge in [0.15, 0.2) is 0 Å². The summed E-state index contributed by atoms with van der Waals surface area (Å²) in [5.74, 6) is 0. The van der Waals surface area contributed by atoms with Gasteiger partial charge in [-0.1, -0.05) is 35.9 Å². The fraction of sp³-hybridized carbons (Fsp3) is 0.200. The first kappa shape index (κ1) is 18.7. The zero-order valence-electron chi connectivity index (χ0n) is 12.1. The normalized spacial score (nSPS) is 13.7. The zero-order valence-corrected chi connectivity index (χ0v) is 13.7. The van der Waals surface area contributed by atoms with Crippen LogP contribution in [0.3, 0.4) is 0 Å². The van der Waals surface area contributed by atoms with Crippen LogP contribution in [0.25, 0.3) is 0 Å². The fourth-order valence-electron chi connectivity index (χ4n) is 1.94. The van der Waals surface area contributed by atoms with Crippen molar-refractivity contribution < 1.29 is 26.7 Å². The lowest BCUT2D eigenvalue weighted by Gasteiger charge is -2.14. The Hall–Kier alpha value is -1.61. The van der Waals surface area contributed by atoms with E-state index in [2.05, 4.69) is 4.72 Å². The minimum Gasteiger partial charge on any atom is -0.387 e. The number of hydrogen-bond donors (Lipinski definition) is 2. The largest absolute Gasteiger partial charge is 0.416 e. The molecule has 0 saturated heterocycles. The Bertz CT molecular complexity index is 807. The maximum absolute atomic E-state index is 12.5. The van der Waals surface area contributed by atoms with Crippen LogP contribution in [0.5, 0.6) is 0 Å². The number of sulfonamides is 1. The van der Waals surface area contributed by atoms with E-state index in [0.717, 1.165) is 24.3 Å². The smallest absolute Gasteiger partial charge is 0.387 e. The van der Waals surface area contributed by atoms with Gasteiger partial charge in [0.25, 0.3) is 0 Å². The van der Waals surface area contributed by atoms with E-state index in [4.69, 9.17) is 11.6 Å². The molecule has 2 aromatic rings. The molecule has 0 heterocycles. The van der Waals surface area contributed by atoms with Crippen molar-refractivity contribution in [2.45, 2.75) is 17.2 Å². The fourth-order valence-corrected chi connectivity index (χ4v) is 3.50. The summed E-state index contributed by atoms with van der Waals surface area (Å²) in [6, 6.07) is 9.60. The van der Waals surface area contributed by atoms with E-state index in [1.165, 1.54) is 18.2 Å². The number of aliphatic hydroxyl groups excluding tert-OH is 1. The monoisotopic (exact) mass is 379 g/mol. The van der Waals surface area contributed by atoms with Crippen LogP contribution in [0.2, 0.25) is 5.02 Å². The van der Waals surface area contributed by atoms with Gasteiger partial charge in [-0.15, -0.1) is 0 Å². The van der Waals surface area contributed by atoms with Crippen molar-refractivity contribution >= 4 is 21.6 Å². The molecule has 2 aromatic carbocycles. The molecule has 1 unspecified atom stereocenters. The van der Waals surface area contributed by atoms with Crippen molar-refractivity contribution in [3.05, 3.63) is 64.7 Å². The van der Waals surface area contributed by atoms with E-state index in [0.29, 0.717) is 0 Å². The third-order valence-corrected chi connectivity index (χ3v) is 5.14. The van der Waals surface area contributed by atoms with E-state index in [9.17, 15) is 26.7 Å². The first-order chi connectivity index (χ1) is 11.1. The Morgan fingerprint density at radius 1 is 1.08 bits per heavy atom. The summed E-state index contributed by atoms with van der Waals surface area (Å²) < 4.78 is 63.9. The van der Waals surface area contributed by atoms with Gasteiger partial charge in [0, 0.05) is 6.54 Å². The number of nitrogens with one attached hydrogen (secondary N) is 1. The van der Waals surface area contributed by atoms with Crippen LogP contribution in [0.1, 0.15) is 17.2 Å². The summed E-state index contributed by atoms with van der Waals surface area (Å²) in [6.07, 6.45) is -5.78. The molecule has 4 nitrogen and oxygen atoms in total. The van der Waals surface area contributed by atoms with Gasteiger partial charge in [-0.05, 0) is 29.8 Å². The van der Waals surface area contributed by atoms with Crippen molar-refractivity contribution in [1.29, 1.82) is 0 Å². The molecule has 0 aliphatic heterocycles. The third kappa shape index (κ3) is 4.47. The Balaban J connectivity index is 2.08. The number of benzene rings is 2. The van der Waals surface area contributed by atoms with Crippen molar-refractivity contribution in [3.63, 3.8) is 0 Å². The summed E-state index contributed by atoms with van der Waals surface area (Å²) in [5.41, 5.74) is -0.694. The number of hydrogen-bond acceptors (Lipinski definition) is 3. The predicted octanol–water partition coefficient (Wildman–Crippen LogP) is 3.37. The molecular weight excluding hydrogens is 367 g/mol. The zero-order chi connectivity index (χ0) is 18.0. The van der Waals surface area contributed by atoms with Crippen LogP contribution in [-0.2, 0) is 16.2 Å². The highest BCUT2D eigenvalue weighted by atomic mass is 35.5. The molecule has 0 aliphatic carbocycles. The van der Waals surface area contributed by atoms with Gasteiger partial charge in [-0.3, -0.25) is 0 Å². The molecule has 0 amide bonds. The van der Waals surface area contributed by atoms with Gasteiger partial charge in [0.1, 0.15) is 4.90 Å². The summed E-state index contributed by atoms with van der Waals surface area (Å²) in [6.45, 7) is -0.404. The third-order valence-electron chi connectivity index (χ3n) is 3.22. The minimum atomic E-state index is -4.48. The molecular formula is C15H13ClF3NO3S. The molecule has 130 valence electrons. The first-order valence-corrected chi connectivity index (χ1v) is 8.57. The molecule has 2 rings (SSSR count). The highest BCUT2D eigenvalue weighted by Crippen LogP contribution is 2.30. The van der Waals surface area contributed by atoms with E-state index in [1.807, 2.05) is 0 Å². The van der Waals surface area contributed by atoms with Gasteiger partial charge in [0.2, 0.25) is 10.0 Å². The maximum Gasteiger partial charge on any atom is 0.416 e. The van der Waals surface area contributed by atoms with Gasteiger partial charge in [0.05, 0.1) is 16.7 Å². The summed E-state index contributed by atoms with van der Waals surface area (Å²) in [7, 11) is -3.95. The molecule has 0 radical (unpaired) electrons. The molecule has 0 aromatic heterocycles. The Morgan fingerprint density at radius 3 is 2.21 bits per heavy atom. The average molecular weight is 380 g/mol. The molecule has 2 N–H and O–H groups in total. The van der Waals surface area contributed by atoms with Crippen LogP contribution >= 0.6 is 11.6 Å². The lowest BCUT2D eigenvalue weighted by atomic mass is 10.1. The van der Waals surface area contributed by atoms with E-state index >= 15 is 0 Å². The minimum absolute atomic E-state index is 0.0222. The van der Waals surface area contributed by atoms with Crippen molar-refractivity contribution in [3.8, 4) is 0 Å².